The smallest absolute Gasteiger partial charge is 0.253 e. The first kappa shape index (κ1) is 14.7. The molecule has 3 heterocycles. The highest BCUT2D eigenvalue weighted by Gasteiger charge is 2.36. The second-order valence-corrected chi connectivity index (χ2v) is 5.55. The second-order valence-electron chi connectivity index (χ2n) is 5.55. The Bertz CT molecular complexity index is 618. The summed E-state index contributed by atoms with van der Waals surface area (Å²) in [5.41, 5.74) is 1.89. The summed E-state index contributed by atoms with van der Waals surface area (Å²) in [7, 11) is 1.71. The zero-order chi connectivity index (χ0) is 15.4. The third-order valence-electron chi connectivity index (χ3n) is 4.17. The molecule has 0 unspecified atom stereocenters. The lowest BCUT2D eigenvalue weighted by atomic mass is 9.90. The van der Waals surface area contributed by atoms with Gasteiger partial charge in [0.15, 0.2) is 0 Å². The molecule has 0 spiro atoms. The Balaban J connectivity index is 1.80. The van der Waals surface area contributed by atoms with Gasteiger partial charge >= 0.3 is 0 Å². The van der Waals surface area contributed by atoms with Crippen molar-refractivity contribution in [2.45, 2.75) is 5.92 Å². The topological polar surface area (TPSA) is 55.3 Å². The predicted molar refractivity (Wildman–Crippen MR) is 82.5 cm³/mol. The number of aromatic nitrogens is 2. The van der Waals surface area contributed by atoms with Crippen molar-refractivity contribution in [1.82, 2.24) is 14.9 Å². The van der Waals surface area contributed by atoms with Crippen LogP contribution in [0.4, 0.5) is 0 Å². The van der Waals surface area contributed by atoms with Crippen molar-refractivity contribution in [3.63, 3.8) is 0 Å². The molecule has 0 aliphatic carbocycles. The van der Waals surface area contributed by atoms with E-state index in [2.05, 4.69) is 9.97 Å². The molecule has 3 rings (SSSR count). The Hall–Kier alpha value is -2.27. The fourth-order valence-corrected chi connectivity index (χ4v) is 3.09. The molecule has 0 radical (unpaired) electrons. The molecule has 2 atom stereocenters. The predicted octanol–water partition coefficient (Wildman–Crippen LogP) is 1.98. The number of rotatable bonds is 4. The van der Waals surface area contributed by atoms with E-state index in [1.54, 1.807) is 44.0 Å². The van der Waals surface area contributed by atoms with Crippen LogP contribution in [0.1, 0.15) is 21.8 Å². The number of nitrogens with zero attached hydrogens (tertiary/aromatic N) is 3. The van der Waals surface area contributed by atoms with Gasteiger partial charge in [0.05, 0.1) is 6.61 Å². The molecule has 0 N–H and O–H groups in total. The molecule has 1 fully saturated rings. The quantitative estimate of drug-likeness (QED) is 0.866. The van der Waals surface area contributed by atoms with E-state index in [-0.39, 0.29) is 11.8 Å². The summed E-state index contributed by atoms with van der Waals surface area (Å²) < 4.78 is 5.35. The Morgan fingerprint density at radius 3 is 2.41 bits per heavy atom. The van der Waals surface area contributed by atoms with E-state index in [9.17, 15) is 4.79 Å². The SMILES string of the molecule is COC[C@@H]1CN(C(=O)c2ccncc2)C[C@H]1c1ccncc1. The average Bonchev–Trinajstić information content (AvgIpc) is 3.00. The lowest BCUT2D eigenvalue weighted by Gasteiger charge is -2.17. The van der Waals surface area contributed by atoms with Gasteiger partial charge in [-0.25, -0.2) is 0 Å². The molecule has 5 nitrogen and oxygen atoms in total. The number of likely N-dealkylation sites (tertiary alicyclic amines) is 1. The monoisotopic (exact) mass is 297 g/mol. The van der Waals surface area contributed by atoms with E-state index >= 15 is 0 Å². The lowest BCUT2D eigenvalue weighted by Crippen LogP contribution is -2.29. The summed E-state index contributed by atoms with van der Waals surface area (Å²) in [6, 6.07) is 7.56. The molecule has 0 bridgehead atoms. The van der Waals surface area contributed by atoms with Gasteiger partial charge < -0.3 is 9.64 Å². The molecule has 22 heavy (non-hydrogen) atoms. The highest BCUT2D eigenvalue weighted by Crippen LogP contribution is 2.33. The van der Waals surface area contributed by atoms with Crippen molar-refractivity contribution < 1.29 is 9.53 Å². The first-order valence-electron chi connectivity index (χ1n) is 7.37. The average molecular weight is 297 g/mol. The Kier molecular flexibility index (Phi) is 4.44. The van der Waals surface area contributed by atoms with E-state index < -0.39 is 0 Å². The molecule has 0 aromatic carbocycles. The van der Waals surface area contributed by atoms with Crippen molar-refractivity contribution in [2.24, 2.45) is 5.92 Å². The van der Waals surface area contributed by atoms with Crippen molar-refractivity contribution in [1.29, 1.82) is 0 Å². The van der Waals surface area contributed by atoms with Crippen molar-refractivity contribution in [3.8, 4) is 0 Å². The van der Waals surface area contributed by atoms with E-state index in [1.165, 1.54) is 5.56 Å². The number of methoxy groups -OCH3 is 1. The number of amides is 1. The number of ether oxygens (including phenoxy) is 1. The van der Waals surface area contributed by atoms with Crippen molar-refractivity contribution >= 4 is 5.91 Å². The van der Waals surface area contributed by atoms with Gasteiger partial charge in [0.1, 0.15) is 0 Å². The van der Waals surface area contributed by atoms with Crippen molar-refractivity contribution in [2.75, 3.05) is 26.8 Å². The van der Waals surface area contributed by atoms with Gasteiger partial charge in [-0.15, -0.1) is 0 Å². The first-order chi connectivity index (χ1) is 10.8. The van der Waals surface area contributed by atoms with E-state index in [4.69, 9.17) is 4.74 Å². The number of hydrogen-bond acceptors (Lipinski definition) is 4. The molecule has 2 aromatic heterocycles. The molecule has 1 saturated heterocycles. The van der Waals surface area contributed by atoms with Crippen molar-refractivity contribution in [3.05, 3.63) is 60.2 Å². The molecular formula is C17H19N3O2. The van der Waals surface area contributed by atoms with E-state index in [0.717, 1.165) is 0 Å². The minimum atomic E-state index is 0.0556. The summed E-state index contributed by atoms with van der Waals surface area (Å²) in [4.78, 5) is 22.6. The van der Waals surface area contributed by atoms with Gasteiger partial charge in [-0.1, -0.05) is 0 Å². The van der Waals surface area contributed by atoms with Crippen LogP contribution in [0.3, 0.4) is 0 Å². The molecule has 1 aliphatic rings. The van der Waals surface area contributed by atoms with Crippen LogP contribution in [-0.2, 0) is 4.74 Å². The summed E-state index contributed by atoms with van der Waals surface area (Å²) in [5.74, 6) is 0.645. The first-order valence-corrected chi connectivity index (χ1v) is 7.37. The maximum absolute atomic E-state index is 12.6. The molecule has 5 heteroatoms. The number of hydrogen-bond donors (Lipinski definition) is 0. The minimum absolute atomic E-state index is 0.0556. The minimum Gasteiger partial charge on any atom is -0.384 e. The zero-order valence-electron chi connectivity index (χ0n) is 12.6. The second kappa shape index (κ2) is 6.66. The highest BCUT2D eigenvalue weighted by molar-refractivity contribution is 5.94. The van der Waals surface area contributed by atoms with E-state index in [1.807, 2.05) is 17.0 Å². The maximum atomic E-state index is 12.6. The van der Waals surface area contributed by atoms with Crippen LogP contribution in [0.25, 0.3) is 0 Å². The van der Waals surface area contributed by atoms with Crippen LogP contribution in [0, 0.1) is 5.92 Å². The highest BCUT2D eigenvalue weighted by atomic mass is 16.5. The molecular weight excluding hydrogens is 278 g/mol. The van der Waals surface area contributed by atoms with Crippen LogP contribution in [0.5, 0.6) is 0 Å². The van der Waals surface area contributed by atoms with Crippen LogP contribution < -0.4 is 0 Å². The fraction of sp³-hybridized carbons (Fsp3) is 0.353. The molecule has 2 aromatic rings. The molecule has 1 amide bonds. The molecule has 1 aliphatic heterocycles. The van der Waals surface area contributed by atoms with Gasteiger partial charge in [-0.2, -0.15) is 0 Å². The van der Waals surface area contributed by atoms with Gasteiger partial charge in [0.25, 0.3) is 5.91 Å². The largest absolute Gasteiger partial charge is 0.384 e. The standard InChI is InChI=1S/C17H19N3O2/c1-22-12-15-10-20(17(21)14-4-8-19-9-5-14)11-16(15)13-2-6-18-7-3-13/h2-9,15-16H,10-12H2,1H3/t15-,16-/m0/s1. The summed E-state index contributed by atoms with van der Waals surface area (Å²) >= 11 is 0. The van der Waals surface area contributed by atoms with Crippen LogP contribution >= 0.6 is 0 Å². The third kappa shape index (κ3) is 2.99. The lowest BCUT2D eigenvalue weighted by molar-refractivity contribution is 0.0775. The Morgan fingerprint density at radius 2 is 1.77 bits per heavy atom. The third-order valence-corrected chi connectivity index (χ3v) is 4.17. The van der Waals surface area contributed by atoms with Gasteiger partial charge in [-0.3, -0.25) is 14.8 Å². The fourth-order valence-electron chi connectivity index (χ4n) is 3.09. The maximum Gasteiger partial charge on any atom is 0.253 e. The number of carbonyl (C=O) groups is 1. The van der Waals surface area contributed by atoms with Gasteiger partial charge in [-0.05, 0) is 29.8 Å². The number of pyridine rings is 2. The molecule has 114 valence electrons. The van der Waals surface area contributed by atoms with Crippen LogP contribution in [-0.4, -0.2) is 47.6 Å². The summed E-state index contributed by atoms with van der Waals surface area (Å²) in [5, 5.41) is 0. The van der Waals surface area contributed by atoms with Gasteiger partial charge in [0.2, 0.25) is 0 Å². The Morgan fingerprint density at radius 1 is 1.14 bits per heavy atom. The number of carbonyl (C=O) groups excluding carboxylic acids is 1. The van der Waals surface area contributed by atoms with Crippen LogP contribution in [0.2, 0.25) is 0 Å². The zero-order valence-corrected chi connectivity index (χ0v) is 12.6. The Labute approximate surface area is 130 Å². The molecule has 0 saturated carbocycles. The summed E-state index contributed by atoms with van der Waals surface area (Å²) in [6.07, 6.45) is 6.89. The van der Waals surface area contributed by atoms with Crippen LogP contribution in [0.15, 0.2) is 49.1 Å². The van der Waals surface area contributed by atoms with E-state index in [0.29, 0.717) is 31.2 Å². The normalized spacial score (nSPS) is 21.0. The summed E-state index contributed by atoms with van der Waals surface area (Å²) in [6.45, 7) is 2.06. The van der Waals surface area contributed by atoms with Gasteiger partial charge in [0, 0.05) is 62.4 Å².